The SMILES string of the molecule is Cc1cc(C(=O)Nc2nnc(CCSc3ccccc3)o2)no1. The molecule has 8 heteroatoms. The fourth-order valence-corrected chi connectivity index (χ4v) is 2.67. The van der Waals surface area contributed by atoms with Gasteiger partial charge in [0.05, 0.1) is 0 Å². The molecule has 0 spiro atoms. The van der Waals surface area contributed by atoms with Crippen LogP contribution in [0.2, 0.25) is 0 Å². The first-order valence-corrected chi connectivity index (χ1v) is 7.94. The summed E-state index contributed by atoms with van der Waals surface area (Å²) < 4.78 is 10.2. The van der Waals surface area contributed by atoms with Gasteiger partial charge in [0.1, 0.15) is 5.76 Å². The molecule has 0 radical (unpaired) electrons. The molecule has 23 heavy (non-hydrogen) atoms. The van der Waals surface area contributed by atoms with Crippen molar-refractivity contribution in [1.82, 2.24) is 15.4 Å². The highest BCUT2D eigenvalue weighted by atomic mass is 32.2. The zero-order valence-corrected chi connectivity index (χ0v) is 13.2. The van der Waals surface area contributed by atoms with Crippen LogP contribution in [0.5, 0.6) is 0 Å². The van der Waals surface area contributed by atoms with Crippen molar-refractivity contribution in [2.24, 2.45) is 0 Å². The number of hydrogen-bond acceptors (Lipinski definition) is 7. The molecule has 0 aliphatic carbocycles. The molecule has 3 rings (SSSR count). The molecule has 0 unspecified atom stereocenters. The molecule has 2 aromatic heterocycles. The van der Waals surface area contributed by atoms with Crippen molar-refractivity contribution in [3.05, 3.63) is 53.7 Å². The van der Waals surface area contributed by atoms with E-state index < -0.39 is 5.91 Å². The van der Waals surface area contributed by atoms with Gasteiger partial charge in [0, 0.05) is 23.1 Å². The van der Waals surface area contributed by atoms with E-state index in [0.717, 1.165) is 5.75 Å². The second-order valence-electron chi connectivity index (χ2n) is 4.69. The first-order chi connectivity index (χ1) is 11.2. The topological polar surface area (TPSA) is 94.1 Å². The van der Waals surface area contributed by atoms with Gasteiger partial charge in [-0.3, -0.25) is 10.1 Å². The molecule has 1 amide bonds. The largest absolute Gasteiger partial charge is 0.408 e. The van der Waals surface area contributed by atoms with Crippen molar-refractivity contribution in [3.8, 4) is 0 Å². The van der Waals surface area contributed by atoms with E-state index in [0.29, 0.717) is 18.1 Å². The molecular formula is C15H14N4O3S. The first kappa shape index (κ1) is 15.3. The third-order valence-corrected chi connectivity index (χ3v) is 3.89. The summed E-state index contributed by atoms with van der Waals surface area (Å²) in [4.78, 5) is 13.1. The Morgan fingerprint density at radius 2 is 2.09 bits per heavy atom. The van der Waals surface area contributed by atoms with Gasteiger partial charge in [-0.05, 0) is 19.1 Å². The predicted octanol–water partition coefficient (Wildman–Crippen LogP) is 2.95. The van der Waals surface area contributed by atoms with Crippen LogP contribution in [0.3, 0.4) is 0 Å². The number of benzene rings is 1. The maximum atomic E-state index is 11.9. The van der Waals surface area contributed by atoms with Gasteiger partial charge in [0.25, 0.3) is 5.91 Å². The second-order valence-corrected chi connectivity index (χ2v) is 5.86. The summed E-state index contributed by atoms with van der Waals surface area (Å²) >= 11 is 1.70. The number of rotatable bonds is 6. The predicted molar refractivity (Wildman–Crippen MR) is 84.4 cm³/mol. The first-order valence-electron chi connectivity index (χ1n) is 6.95. The van der Waals surface area contributed by atoms with Gasteiger partial charge in [-0.2, -0.15) is 0 Å². The second kappa shape index (κ2) is 7.10. The molecule has 0 aliphatic rings. The normalized spacial score (nSPS) is 10.7. The molecule has 7 nitrogen and oxygen atoms in total. The molecular weight excluding hydrogens is 316 g/mol. The number of thioether (sulfide) groups is 1. The van der Waals surface area contributed by atoms with Crippen LogP contribution in [0.15, 0.2) is 50.2 Å². The van der Waals surface area contributed by atoms with Crippen LogP contribution in [0.1, 0.15) is 22.1 Å². The van der Waals surface area contributed by atoms with Crippen molar-refractivity contribution < 1.29 is 13.7 Å². The molecule has 0 atom stereocenters. The van der Waals surface area contributed by atoms with E-state index >= 15 is 0 Å². The summed E-state index contributed by atoms with van der Waals surface area (Å²) in [5.41, 5.74) is 0.168. The van der Waals surface area contributed by atoms with Crippen LogP contribution in [0.4, 0.5) is 6.01 Å². The lowest BCUT2D eigenvalue weighted by molar-refractivity contribution is 0.101. The fourth-order valence-electron chi connectivity index (χ4n) is 1.81. The van der Waals surface area contributed by atoms with E-state index in [2.05, 4.69) is 20.7 Å². The Morgan fingerprint density at radius 1 is 1.26 bits per heavy atom. The molecule has 0 bridgehead atoms. The summed E-state index contributed by atoms with van der Waals surface area (Å²) in [5.74, 6) is 1.39. The highest BCUT2D eigenvalue weighted by molar-refractivity contribution is 7.99. The van der Waals surface area contributed by atoms with Gasteiger partial charge in [-0.15, -0.1) is 16.9 Å². The average molecular weight is 330 g/mol. The maximum absolute atomic E-state index is 11.9. The average Bonchev–Trinajstić information content (AvgIpc) is 3.18. The third kappa shape index (κ3) is 4.19. The molecule has 3 aromatic rings. The number of carbonyl (C=O) groups excluding carboxylic acids is 1. The highest BCUT2D eigenvalue weighted by Gasteiger charge is 2.14. The number of hydrogen-bond donors (Lipinski definition) is 1. The number of aromatic nitrogens is 3. The molecule has 0 aliphatic heterocycles. The monoisotopic (exact) mass is 330 g/mol. The molecule has 0 saturated carbocycles. The number of aryl methyl sites for hydroxylation is 2. The van der Waals surface area contributed by atoms with E-state index in [1.165, 1.54) is 11.0 Å². The van der Waals surface area contributed by atoms with Gasteiger partial charge in [0.15, 0.2) is 5.69 Å². The summed E-state index contributed by atoms with van der Waals surface area (Å²) in [6.07, 6.45) is 0.617. The minimum absolute atomic E-state index is 0.0513. The minimum atomic E-state index is -0.448. The Morgan fingerprint density at radius 3 is 2.83 bits per heavy atom. The van der Waals surface area contributed by atoms with Crippen molar-refractivity contribution in [3.63, 3.8) is 0 Å². The Bertz CT molecular complexity index is 785. The van der Waals surface area contributed by atoms with E-state index in [1.807, 2.05) is 30.3 Å². The number of nitrogens with one attached hydrogen (secondary N) is 1. The van der Waals surface area contributed by atoms with E-state index in [-0.39, 0.29) is 11.7 Å². The number of carbonyl (C=O) groups is 1. The van der Waals surface area contributed by atoms with E-state index in [9.17, 15) is 4.79 Å². The van der Waals surface area contributed by atoms with Crippen molar-refractivity contribution in [2.75, 3.05) is 11.1 Å². The smallest absolute Gasteiger partial charge is 0.322 e. The summed E-state index contributed by atoms with van der Waals surface area (Å²) in [6, 6.07) is 11.6. The van der Waals surface area contributed by atoms with Gasteiger partial charge < -0.3 is 8.94 Å². The lowest BCUT2D eigenvalue weighted by atomic mass is 10.3. The van der Waals surface area contributed by atoms with Crippen LogP contribution in [-0.2, 0) is 6.42 Å². The standard InChI is InChI=1S/C15H14N4O3S/c1-10-9-12(19-22-10)14(20)16-15-18-17-13(21-15)7-8-23-11-5-3-2-4-6-11/h2-6,9H,7-8H2,1H3,(H,16,18,20). The van der Waals surface area contributed by atoms with Gasteiger partial charge in [-0.1, -0.05) is 28.5 Å². The van der Waals surface area contributed by atoms with E-state index in [4.69, 9.17) is 8.94 Å². The van der Waals surface area contributed by atoms with Gasteiger partial charge >= 0.3 is 6.01 Å². The van der Waals surface area contributed by atoms with Crippen molar-refractivity contribution >= 4 is 23.7 Å². The summed E-state index contributed by atoms with van der Waals surface area (Å²) in [6.45, 7) is 1.71. The number of anilines is 1. The lowest BCUT2D eigenvalue weighted by Crippen LogP contribution is -2.12. The number of nitrogens with zero attached hydrogens (tertiary/aromatic N) is 3. The quantitative estimate of drug-likeness (QED) is 0.694. The zero-order chi connectivity index (χ0) is 16.1. The van der Waals surface area contributed by atoms with Crippen LogP contribution >= 0.6 is 11.8 Å². The van der Waals surface area contributed by atoms with Crippen molar-refractivity contribution in [2.45, 2.75) is 18.2 Å². The Hall–Kier alpha value is -2.61. The number of amides is 1. The zero-order valence-electron chi connectivity index (χ0n) is 12.4. The fraction of sp³-hybridized carbons (Fsp3) is 0.200. The Balaban J connectivity index is 1.51. The minimum Gasteiger partial charge on any atom is -0.408 e. The maximum Gasteiger partial charge on any atom is 0.322 e. The molecule has 1 aromatic carbocycles. The van der Waals surface area contributed by atoms with Crippen LogP contribution in [0, 0.1) is 6.92 Å². The van der Waals surface area contributed by atoms with Crippen LogP contribution < -0.4 is 5.32 Å². The van der Waals surface area contributed by atoms with E-state index in [1.54, 1.807) is 18.7 Å². The molecule has 1 N–H and O–H groups in total. The van der Waals surface area contributed by atoms with Crippen LogP contribution in [-0.4, -0.2) is 27.0 Å². The van der Waals surface area contributed by atoms with Gasteiger partial charge in [-0.25, -0.2) is 0 Å². The molecule has 0 saturated heterocycles. The lowest BCUT2D eigenvalue weighted by Gasteiger charge is -1.98. The van der Waals surface area contributed by atoms with Crippen molar-refractivity contribution in [1.29, 1.82) is 0 Å². The summed E-state index contributed by atoms with van der Waals surface area (Å²) in [7, 11) is 0. The van der Waals surface area contributed by atoms with Crippen LogP contribution in [0.25, 0.3) is 0 Å². The summed E-state index contributed by atoms with van der Waals surface area (Å²) in [5, 5.41) is 13.8. The molecule has 0 fully saturated rings. The van der Waals surface area contributed by atoms with Gasteiger partial charge in [0.2, 0.25) is 5.89 Å². The Labute approximate surface area is 136 Å². The molecule has 2 heterocycles. The Kier molecular flexibility index (Phi) is 4.72. The third-order valence-electron chi connectivity index (χ3n) is 2.88. The molecule has 118 valence electrons. The highest BCUT2D eigenvalue weighted by Crippen LogP contribution is 2.18.